The minimum absolute atomic E-state index is 0.115. The van der Waals surface area contributed by atoms with Gasteiger partial charge in [-0.05, 0) is 12.8 Å². The molecule has 1 aliphatic heterocycles. The third-order valence-electron chi connectivity index (χ3n) is 3.48. The summed E-state index contributed by atoms with van der Waals surface area (Å²) in [7, 11) is 1.69. The second-order valence-electron chi connectivity index (χ2n) is 4.69. The Bertz CT molecular complexity index is 458. The van der Waals surface area contributed by atoms with Gasteiger partial charge < -0.3 is 10.2 Å². The minimum Gasteiger partial charge on any atom is -0.359 e. The number of nitrogens with zero attached hydrogens (tertiary/aromatic N) is 3. The quantitative estimate of drug-likeness (QED) is 0.857. The lowest BCUT2D eigenvalue weighted by molar-refractivity contribution is -0.125. The Morgan fingerprint density at radius 2 is 2.16 bits per heavy atom. The fraction of sp³-hybridized carbons (Fsp3) is 0.615. The van der Waals surface area contributed by atoms with Gasteiger partial charge in [-0.3, -0.25) is 4.79 Å². The van der Waals surface area contributed by atoms with Crippen molar-refractivity contribution in [2.75, 3.05) is 25.0 Å². The molecule has 1 N–H and O–H groups in total. The first-order valence-corrected chi connectivity index (χ1v) is 7.01. The summed E-state index contributed by atoms with van der Waals surface area (Å²) >= 11 is 6.01. The molecule has 19 heavy (non-hydrogen) atoms. The Labute approximate surface area is 118 Å². The largest absolute Gasteiger partial charge is 0.359 e. The van der Waals surface area contributed by atoms with Crippen molar-refractivity contribution in [1.82, 2.24) is 15.3 Å². The third kappa shape index (κ3) is 3.35. The molecule has 0 radical (unpaired) electrons. The molecule has 1 aromatic rings. The highest BCUT2D eigenvalue weighted by Crippen LogP contribution is 2.23. The number of hydrogen-bond acceptors (Lipinski definition) is 4. The maximum Gasteiger partial charge on any atom is 0.222 e. The molecule has 2 rings (SSSR count). The molecule has 0 saturated carbocycles. The summed E-state index contributed by atoms with van der Waals surface area (Å²) in [5, 5.41) is 3.19. The van der Waals surface area contributed by atoms with E-state index in [1.54, 1.807) is 13.1 Å². The standard InChI is InChI=1S/C13H19ClN4O/c1-3-11-16-10(14)8-12(17-11)18-6-4-9(5-7-18)13(19)15-2/h8-9H,3-7H2,1-2H3,(H,15,19). The van der Waals surface area contributed by atoms with Crippen LogP contribution < -0.4 is 10.2 Å². The Kier molecular flexibility index (Phi) is 4.58. The van der Waals surface area contributed by atoms with E-state index < -0.39 is 0 Å². The van der Waals surface area contributed by atoms with Crippen molar-refractivity contribution in [1.29, 1.82) is 0 Å². The molecule has 0 aromatic carbocycles. The van der Waals surface area contributed by atoms with Crippen LogP contribution in [0.2, 0.25) is 5.15 Å². The number of halogens is 1. The lowest BCUT2D eigenvalue weighted by atomic mass is 9.96. The van der Waals surface area contributed by atoms with Crippen molar-refractivity contribution in [2.24, 2.45) is 5.92 Å². The van der Waals surface area contributed by atoms with Gasteiger partial charge in [0.05, 0.1) is 0 Å². The maximum absolute atomic E-state index is 11.6. The summed E-state index contributed by atoms with van der Waals surface area (Å²) < 4.78 is 0. The van der Waals surface area contributed by atoms with Gasteiger partial charge in [-0.25, -0.2) is 9.97 Å². The van der Waals surface area contributed by atoms with Crippen LogP contribution in [0.1, 0.15) is 25.6 Å². The number of aromatic nitrogens is 2. The normalized spacial score (nSPS) is 16.5. The molecule has 104 valence electrons. The van der Waals surface area contributed by atoms with E-state index in [0.717, 1.165) is 44.0 Å². The molecular weight excluding hydrogens is 264 g/mol. The van der Waals surface area contributed by atoms with Crippen LogP contribution in [-0.4, -0.2) is 36.0 Å². The highest BCUT2D eigenvalue weighted by molar-refractivity contribution is 6.29. The first-order valence-electron chi connectivity index (χ1n) is 6.64. The fourth-order valence-corrected chi connectivity index (χ4v) is 2.54. The number of amides is 1. The van der Waals surface area contributed by atoms with Crippen molar-refractivity contribution in [3.63, 3.8) is 0 Å². The fourth-order valence-electron chi connectivity index (χ4n) is 2.35. The molecule has 1 amide bonds. The number of rotatable bonds is 3. The van der Waals surface area contributed by atoms with E-state index in [-0.39, 0.29) is 11.8 Å². The predicted octanol–water partition coefficient (Wildman–Crippen LogP) is 1.65. The molecule has 0 aliphatic carbocycles. The van der Waals surface area contributed by atoms with Gasteiger partial charge in [0.25, 0.3) is 0 Å². The lowest BCUT2D eigenvalue weighted by Gasteiger charge is -2.32. The monoisotopic (exact) mass is 282 g/mol. The maximum atomic E-state index is 11.6. The van der Waals surface area contributed by atoms with Gasteiger partial charge >= 0.3 is 0 Å². The predicted molar refractivity (Wildman–Crippen MR) is 75.4 cm³/mol. The second-order valence-corrected chi connectivity index (χ2v) is 5.08. The molecule has 1 saturated heterocycles. The third-order valence-corrected chi connectivity index (χ3v) is 3.67. The van der Waals surface area contributed by atoms with E-state index >= 15 is 0 Å². The number of carbonyl (C=O) groups excluding carboxylic acids is 1. The highest BCUT2D eigenvalue weighted by atomic mass is 35.5. The Balaban J connectivity index is 2.05. The Morgan fingerprint density at radius 1 is 1.47 bits per heavy atom. The molecule has 0 unspecified atom stereocenters. The summed E-state index contributed by atoms with van der Waals surface area (Å²) in [6, 6.07) is 1.79. The van der Waals surface area contributed by atoms with Crippen molar-refractivity contribution in [3.8, 4) is 0 Å². The van der Waals surface area contributed by atoms with Gasteiger partial charge in [-0.1, -0.05) is 18.5 Å². The van der Waals surface area contributed by atoms with Gasteiger partial charge in [-0.15, -0.1) is 0 Å². The molecule has 1 aliphatic rings. The summed E-state index contributed by atoms with van der Waals surface area (Å²) in [6.45, 7) is 3.66. The molecule has 0 atom stereocenters. The molecular formula is C13H19ClN4O. The Morgan fingerprint density at radius 3 is 2.74 bits per heavy atom. The molecule has 5 nitrogen and oxygen atoms in total. The summed E-state index contributed by atoms with van der Waals surface area (Å²) in [6.07, 6.45) is 2.47. The average molecular weight is 283 g/mol. The summed E-state index contributed by atoms with van der Waals surface area (Å²) in [5.74, 6) is 1.88. The van der Waals surface area contributed by atoms with Crippen LogP contribution in [0.15, 0.2) is 6.07 Å². The van der Waals surface area contributed by atoms with E-state index in [1.165, 1.54) is 0 Å². The topological polar surface area (TPSA) is 58.1 Å². The number of piperidine rings is 1. The number of nitrogens with one attached hydrogen (secondary N) is 1. The smallest absolute Gasteiger partial charge is 0.222 e. The van der Waals surface area contributed by atoms with E-state index in [0.29, 0.717) is 5.15 Å². The van der Waals surface area contributed by atoms with E-state index in [2.05, 4.69) is 20.2 Å². The first kappa shape index (κ1) is 14.1. The summed E-state index contributed by atoms with van der Waals surface area (Å²) in [4.78, 5) is 22.4. The van der Waals surface area contributed by atoms with Crippen LogP contribution in [0.5, 0.6) is 0 Å². The van der Waals surface area contributed by atoms with E-state index in [1.807, 2.05) is 6.92 Å². The zero-order valence-electron chi connectivity index (χ0n) is 11.3. The number of aryl methyl sites for hydroxylation is 1. The molecule has 2 heterocycles. The molecule has 6 heteroatoms. The average Bonchev–Trinajstić information content (AvgIpc) is 2.46. The van der Waals surface area contributed by atoms with Crippen LogP contribution in [0, 0.1) is 5.92 Å². The zero-order chi connectivity index (χ0) is 13.8. The van der Waals surface area contributed by atoms with Crippen LogP contribution in [0.25, 0.3) is 0 Å². The van der Waals surface area contributed by atoms with Crippen LogP contribution in [-0.2, 0) is 11.2 Å². The van der Waals surface area contributed by atoms with Gasteiger partial charge in [0.2, 0.25) is 5.91 Å². The zero-order valence-corrected chi connectivity index (χ0v) is 12.1. The summed E-state index contributed by atoms with van der Waals surface area (Å²) in [5.41, 5.74) is 0. The molecule has 1 aromatic heterocycles. The molecule has 1 fully saturated rings. The van der Waals surface area contributed by atoms with Crippen molar-refractivity contribution in [3.05, 3.63) is 17.0 Å². The van der Waals surface area contributed by atoms with Crippen LogP contribution in [0.3, 0.4) is 0 Å². The van der Waals surface area contributed by atoms with Gasteiger partial charge in [-0.2, -0.15) is 0 Å². The van der Waals surface area contributed by atoms with Crippen LogP contribution >= 0.6 is 11.6 Å². The van der Waals surface area contributed by atoms with E-state index in [9.17, 15) is 4.79 Å². The van der Waals surface area contributed by atoms with Gasteiger partial charge in [0, 0.05) is 38.5 Å². The minimum atomic E-state index is 0.115. The van der Waals surface area contributed by atoms with Gasteiger partial charge in [0.15, 0.2) is 0 Å². The Hall–Kier alpha value is -1.36. The highest BCUT2D eigenvalue weighted by Gasteiger charge is 2.25. The number of anilines is 1. The van der Waals surface area contributed by atoms with E-state index in [4.69, 9.17) is 11.6 Å². The lowest BCUT2D eigenvalue weighted by Crippen LogP contribution is -2.40. The molecule has 0 spiro atoms. The van der Waals surface area contributed by atoms with Crippen molar-refractivity contribution < 1.29 is 4.79 Å². The second kappa shape index (κ2) is 6.19. The molecule has 0 bridgehead atoms. The van der Waals surface area contributed by atoms with Gasteiger partial charge in [0.1, 0.15) is 16.8 Å². The SMILES string of the molecule is CCc1nc(Cl)cc(N2CCC(C(=O)NC)CC2)n1. The van der Waals surface area contributed by atoms with Crippen molar-refractivity contribution in [2.45, 2.75) is 26.2 Å². The number of carbonyl (C=O) groups is 1. The van der Waals surface area contributed by atoms with Crippen LogP contribution in [0.4, 0.5) is 5.82 Å². The number of hydrogen-bond donors (Lipinski definition) is 1. The first-order chi connectivity index (χ1) is 9.13. The van der Waals surface area contributed by atoms with Crippen molar-refractivity contribution >= 4 is 23.3 Å².